The summed E-state index contributed by atoms with van der Waals surface area (Å²) in [6.45, 7) is 1.92. The first-order valence-electron chi connectivity index (χ1n) is 9.46. The highest BCUT2D eigenvalue weighted by atomic mass is 16.5. The Morgan fingerprint density at radius 2 is 2.11 bits per heavy atom. The zero-order valence-electron chi connectivity index (χ0n) is 16.1. The van der Waals surface area contributed by atoms with Crippen LogP contribution in [0, 0.1) is 5.92 Å². The van der Waals surface area contributed by atoms with Crippen molar-refractivity contribution in [1.29, 1.82) is 0 Å². The summed E-state index contributed by atoms with van der Waals surface area (Å²) >= 11 is 0. The molecule has 2 aromatic heterocycles. The van der Waals surface area contributed by atoms with Crippen molar-refractivity contribution in [2.24, 2.45) is 13.0 Å². The Morgan fingerprint density at radius 1 is 1.25 bits per heavy atom. The largest absolute Gasteiger partial charge is 0.480 e. The summed E-state index contributed by atoms with van der Waals surface area (Å²) in [5.74, 6) is 2.08. The lowest BCUT2D eigenvalue weighted by Crippen LogP contribution is -2.43. The Morgan fingerprint density at radius 3 is 2.86 bits per heavy atom. The van der Waals surface area contributed by atoms with Crippen LogP contribution in [-0.2, 0) is 18.4 Å². The molecule has 0 radical (unpaired) electrons. The number of aromatic nitrogens is 4. The summed E-state index contributed by atoms with van der Waals surface area (Å²) in [6.07, 6.45) is 1.81. The first kappa shape index (κ1) is 18.2. The number of nitrogens with zero attached hydrogens (tertiary/aromatic N) is 5. The van der Waals surface area contributed by atoms with Crippen LogP contribution in [-0.4, -0.2) is 45.9 Å². The van der Waals surface area contributed by atoms with Gasteiger partial charge >= 0.3 is 0 Å². The molecule has 3 heterocycles. The number of amides is 1. The molecule has 0 saturated carbocycles. The highest BCUT2D eigenvalue weighted by molar-refractivity contribution is 5.80. The number of carbonyl (C=O) groups is 1. The number of hydrogen-bond donors (Lipinski definition) is 1. The maximum atomic E-state index is 12.7. The lowest BCUT2D eigenvalue weighted by molar-refractivity contribution is -0.125. The summed E-state index contributed by atoms with van der Waals surface area (Å²) in [5, 5.41) is 11.3. The number of aryl methyl sites for hydroxylation is 1. The van der Waals surface area contributed by atoms with Gasteiger partial charge in [0.1, 0.15) is 5.82 Å². The van der Waals surface area contributed by atoms with Crippen LogP contribution < -0.4 is 15.0 Å². The third kappa shape index (κ3) is 3.62. The maximum absolute atomic E-state index is 12.7. The fourth-order valence-corrected chi connectivity index (χ4v) is 3.65. The predicted molar refractivity (Wildman–Crippen MR) is 106 cm³/mol. The van der Waals surface area contributed by atoms with E-state index in [2.05, 4.69) is 25.4 Å². The van der Waals surface area contributed by atoms with Gasteiger partial charge in [-0.3, -0.25) is 4.79 Å². The molecule has 1 aliphatic heterocycles. The third-order valence-electron chi connectivity index (χ3n) is 5.25. The molecule has 1 N–H and O–H groups in total. The molecular formula is C20H24N6O2. The molecule has 1 aromatic carbocycles. The minimum Gasteiger partial charge on any atom is -0.480 e. The molecule has 28 heavy (non-hydrogen) atoms. The van der Waals surface area contributed by atoms with Crippen LogP contribution >= 0.6 is 0 Å². The molecular weight excluding hydrogens is 356 g/mol. The molecule has 0 aliphatic carbocycles. The number of anilines is 1. The number of piperidine rings is 1. The molecule has 1 atom stereocenters. The van der Waals surface area contributed by atoms with Crippen molar-refractivity contribution >= 4 is 22.8 Å². The van der Waals surface area contributed by atoms with Gasteiger partial charge in [0.25, 0.3) is 0 Å². The van der Waals surface area contributed by atoms with E-state index in [4.69, 9.17) is 4.74 Å². The second-order valence-corrected chi connectivity index (χ2v) is 7.01. The van der Waals surface area contributed by atoms with Gasteiger partial charge in [0.15, 0.2) is 5.82 Å². The molecule has 0 unspecified atom stereocenters. The minimum absolute atomic E-state index is 0.0539. The molecule has 0 spiro atoms. The quantitative estimate of drug-likeness (QED) is 0.728. The van der Waals surface area contributed by atoms with Crippen molar-refractivity contribution < 1.29 is 9.53 Å². The summed E-state index contributed by atoms with van der Waals surface area (Å²) in [6, 6.07) is 11.6. The number of ether oxygens (including phenoxy) is 1. The highest BCUT2D eigenvalue weighted by Crippen LogP contribution is 2.22. The van der Waals surface area contributed by atoms with Crippen molar-refractivity contribution in [2.75, 3.05) is 25.1 Å². The lowest BCUT2D eigenvalue weighted by Gasteiger charge is -2.32. The molecule has 1 aliphatic rings. The Bertz CT molecular complexity index is 968. The average molecular weight is 380 g/mol. The van der Waals surface area contributed by atoms with Crippen molar-refractivity contribution in [3.05, 3.63) is 42.2 Å². The van der Waals surface area contributed by atoms with Gasteiger partial charge in [-0.2, -0.15) is 0 Å². The monoisotopic (exact) mass is 380 g/mol. The molecule has 1 fully saturated rings. The third-order valence-corrected chi connectivity index (χ3v) is 5.25. The fourth-order valence-electron chi connectivity index (χ4n) is 3.65. The number of para-hydroxylation sites is 2. The van der Waals surface area contributed by atoms with Crippen LogP contribution in [0.15, 0.2) is 36.4 Å². The maximum Gasteiger partial charge on any atom is 0.233 e. The van der Waals surface area contributed by atoms with E-state index >= 15 is 0 Å². The Hall–Kier alpha value is -3.16. The van der Waals surface area contributed by atoms with E-state index in [0.717, 1.165) is 42.1 Å². The molecule has 146 valence electrons. The van der Waals surface area contributed by atoms with Crippen LogP contribution in [0.3, 0.4) is 0 Å². The fraction of sp³-hybridized carbons (Fsp3) is 0.400. The Labute approximate surface area is 163 Å². The van der Waals surface area contributed by atoms with Crippen LogP contribution in [0.1, 0.15) is 18.7 Å². The molecule has 3 aromatic rings. The van der Waals surface area contributed by atoms with E-state index in [0.29, 0.717) is 19.0 Å². The van der Waals surface area contributed by atoms with E-state index in [1.165, 1.54) is 0 Å². The Kier molecular flexibility index (Phi) is 5.10. The minimum atomic E-state index is -0.0765. The van der Waals surface area contributed by atoms with Crippen molar-refractivity contribution in [3.63, 3.8) is 0 Å². The number of carbonyl (C=O) groups excluding carboxylic acids is 1. The second-order valence-electron chi connectivity index (χ2n) is 7.01. The number of fused-ring (bicyclic) bond motifs is 1. The SMILES string of the molecule is COc1ccc(N2CCC[C@@H](C(=O)NCc3nc4ccccc4n3C)C2)nn1. The Balaban J connectivity index is 1.39. The zero-order chi connectivity index (χ0) is 19.5. The normalized spacial score (nSPS) is 16.9. The molecule has 1 amide bonds. The van der Waals surface area contributed by atoms with Crippen LogP contribution in [0.2, 0.25) is 0 Å². The van der Waals surface area contributed by atoms with Gasteiger partial charge in [0.2, 0.25) is 11.8 Å². The number of nitrogens with one attached hydrogen (secondary N) is 1. The molecule has 8 nitrogen and oxygen atoms in total. The molecule has 4 rings (SSSR count). The van der Waals surface area contributed by atoms with Crippen LogP contribution in [0.4, 0.5) is 5.82 Å². The average Bonchev–Trinajstić information content (AvgIpc) is 3.08. The van der Waals surface area contributed by atoms with Gasteiger partial charge in [-0.05, 0) is 31.0 Å². The van der Waals surface area contributed by atoms with Crippen LogP contribution in [0.25, 0.3) is 11.0 Å². The number of hydrogen-bond acceptors (Lipinski definition) is 6. The summed E-state index contributed by atoms with van der Waals surface area (Å²) in [7, 11) is 3.54. The second kappa shape index (κ2) is 7.84. The first-order valence-corrected chi connectivity index (χ1v) is 9.46. The van der Waals surface area contributed by atoms with Gasteiger partial charge in [-0.1, -0.05) is 12.1 Å². The van der Waals surface area contributed by atoms with Gasteiger partial charge in [-0.15, -0.1) is 10.2 Å². The first-order chi connectivity index (χ1) is 13.7. The van der Waals surface area contributed by atoms with Gasteiger partial charge in [0, 0.05) is 26.2 Å². The number of rotatable bonds is 5. The molecule has 1 saturated heterocycles. The van der Waals surface area contributed by atoms with Crippen molar-refractivity contribution in [1.82, 2.24) is 25.1 Å². The summed E-state index contributed by atoms with van der Waals surface area (Å²) in [4.78, 5) is 19.5. The smallest absolute Gasteiger partial charge is 0.233 e. The van der Waals surface area contributed by atoms with Gasteiger partial charge in [0.05, 0.1) is 30.6 Å². The highest BCUT2D eigenvalue weighted by Gasteiger charge is 2.27. The van der Waals surface area contributed by atoms with Gasteiger partial charge < -0.3 is 19.5 Å². The molecule has 0 bridgehead atoms. The topological polar surface area (TPSA) is 85.2 Å². The van der Waals surface area contributed by atoms with Crippen LogP contribution in [0.5, 0.6) is 5.88 Å². The van der Waals surface area contributed by atoms with E-state index < -0.39 is 0 Å². The lowest BCUT2D eigenvalue weighted by atomic mass is 9.97. The van der Waals surface area contributed by atoms with E-state index in [-0.39, 0.29) is 11.8 Å². The predicted octanol–water partition coefficient (Wildman–Crippen LogP) is 1.90. The van der Waals surface area contributed by atoms with E-state index in [9.17, 15) is 4.79 Å². The number of methoxy groups -OCH3 is 1. The standard InChI is InChI=1S/C20H24N6O2/c1-25-16-8-4-3-7-15(16)22-18(25)12-21-20(27)14-6-5-11-26(13-14)17-9-10-19(28-2)24-23-17/h3-4,7-10,14H,5-6,11-13H2,1-2H3,(H,21,27)/t14-/m1/s1. The molecule has 8 heteroatoms. The van der Waals surface area contributed by atoms with E-state index in [1.54, 1.807) is 13.2 Å². The zero-order valence-corrected chi connectivity index (χ0v) is 16.1. The number of benzene rings is 1. The van der Waals surface area contributed by atoms with Crippen molar-refractivity contribution in [3.8, 4) is 5.88 Å². The van der Waals surface area contributed by atoms with Gasteiger partial charge in [-0.25, -0.2) is 4.98 Å². The summed E-state index contributed by atoms with van der Waals surface area (Å²) < 4.78 is 7.08. The van der Waals surface area contributed by atoms with Crippen molar-refractivity contribution in [2.45, 2.75) is 19.4 Å². The summed E-state index contributed by atoms with van der Waals surface area (Å²) in [5.41, 5.74) is 2.00. The number of imidazole rings is 1. The van der Waals surface area contributed by atoms with E-state index in [1.807, 2.05) is 41.9 Å².